The van der Waals surface area contributed by atoms with Gasteiger partial charge < -0.3 is 4.57 Å². The van der Waals surface area contributed by atoms with Crippen LogP contribution in [0.1, 0.15) is 31.4 Å². The average molecular weight is 267 g/mol. The lowest BCUT2D eigenvalue weighted by atomic mass is 9.88. The molecule has 1 aliphatic rings. The van der Waals surface area contributed by atoms with Gasteiger partial charge in [-0.2, -0.15) is 5.26 Å². The van der Waals surface area contributed by atoms with Gasteiger partial charge in [0.05, 0.1) is 0 Å². The third-order valence-electron chi connectivity index (χ3n) is 3.40. The van der Waals surface area contributed by atoms with E-state index in [0.717, 1.165) is 17.6 Å². The second-order valence-electron chi connectivity index (χ2n) is 4.47. The third-order valence-corrected chi connectivity index (χ3v) is 4.59. The first-order chi connectivity index (χ1) is 7.29. The van der Waals surface area contributed by atoms with Gasteiger partial charge in [0, 0.05) is 18.1 Å². The van der Waals surface area contributed by atoms with Crippen LogP contribution in [0.15, 0.2) is 18.3 Å². The Morgan fingerprint density at radius 2 is 2.20 bits per heavy atom. The normalized spacial score (nSPS) is 18.9. The number of hydrogen-bond donors (Lipinski definition) is 0. The summed E-state index contributed by atoms with van der Waals surface area (Å²) in [6.07, 6.45) is 7.23. The van der Waals surface area contributed by atoms with Crippen LogP contribution in [-0.2, 0) is 6.54 Å². The second kappa shape index (κ2) is 4.40. The van der Waals surface area contributed by atoms with Crippen molar-refractivity contribution >= 4 is 15.9 Å². The number of halogens is 1. The highest BCUT2D eigenvalue weighted by Gasteiger charge is 2.33. The van der Waals surface area contributed by atoms with E-state index in [1.54, 1.807) is 0 Å². The van der Waals surface area contributed by atoms with E-state index in [9.17, 15) is 0 Å². The molecule has 0 radical (unpaired) electrons. The lowest BCUT2D eigenvalue weighted by Crippen LogP contribution is -2.25. The molecule has 1 aromatic heterocycles. The van der Waals surface area contributed by atoms with Crippen molar-refractivity contribution in [2.24, 2.45) is 5.41 Å². The minimum atomic E-state index is 0.380. The fourth-order valence-corrected chi connectivity index (χ4v) is 3.21. The largest absolute Gasteiger partial charge is 0.339 e. The first-order valence-corrected chi connectivity index (χ1v) is 6.53. The van der Waals surface area contributed by atoms with Crippen molar-refractivity contribution in [3.8, 4) is 6.07 Å². The summed E-state index contributed by atoms with van der Waals surface area (Å²) in [7, 11) is 0. The molecular weight excluding hydrogens is 252 g/mol. The van der Waals surface area contributed by atoms with Crippen molar-refractivity contribution < 1.29 is 0 Å². The summed E-state index contributed by atoms with van der Waals surface area (Å²) in [6.45, 7) is 0.980. The Kier molecular flexibility index (Phi) is 3.16. The molecule has 3 heteroatoms. The Morgan fingerprint density at radius 3 is 2.80 bits per heavy atom. The number of nitrogens with zero attached hydrogens (tertiary/aromatic N) is 2. The molecule has 0 aliphatic heterocycles. The Bertz CT molecular complexity index is 369. The number of alkyl halides is 1. The lowest BCUT2D eigenvalue weighted by Gasteiger charge is -2.27. The monoisotopic (exact) mass is 266 g/mol. The standard InChI is InChI=1S/C12H15BrN2/c13-9-12(5-1-2-6-12)10-15-7-3-4-11(15)8-14/h3-4,7H,1-2,5-6,9-10H2. The molecule has 0 atom stereocenters. The van der Waals surface area contributed by atoms with Crippen LogP contribution in [0, 0.1) is 16.7 Å². The maximum atomic E-state index is 8.96. The van der Waals surface area contributed by atoms with Crippen LogP contribution in [0.25, 0.3) is 0 Å². The zero-order chi connectivity index (χ0) is 10.7. The van der Waals surface area contributed by atoms with Gasteiger partial charge in [0.1, 0.15) is 11.8 Å². The van der Waals surface area contributed by atoms with Crippen LogP contribution < -0.4 is 0 Å². The molecular formula is C12H15BrN2. The molecule has 2 rings (SSSR count). The van der Waals surface area contributed by atoms with E-state index in [-0.39, 0.29) is 0 Å². The van der Waals surface area contributed by atoms with Crippen molar-refractivity contribution in [2.45, 2.75) is 32.2 Å². The highest BCUT2D eigenvalue weighted by atomic mass is 79.9. The first kappa shape index (κ1) is 10.8. The zero-order valence-corrected chi connectivity index (χ0v) is 10.3. The van der Waals surface area contributed by atoms with E-state index in [2.05, 4.69) is 26.6 Å². The topological polar surface area (TPSA) is 28.7 Å². The Morgan fingerprint density at radius 1 is 1.47 bits per heavy atom. The molecule has 0 bridgehead atoms. The van der Waals surface area contributed by atoms with Crippen LogP contribution in [0.3, 0.4) is 0 Å². The van der Waals surface area contributed by atoms with E-state index in [1.165, 1.54) is 25.7 Å². The SMILES string of the molecule is N#Cc1cccn1CC1(CBr)CCCC1. The minimum Gasteiger partial charge on any atom is -0.339 e. The van der Waals surface area contributed by atoms with Crippen molar-refractivity contribution in [3.05, 3.63) is 24.0 Å². The van der Waals surface area contributed by atoms with E-state index in [0.29, 0.717) is 5.41 Å². The summed E-state index contributed by atoms with van der Waals surface area (Å²) in [5.41, 5.74) is 1.16. The molecule has 80 valence electrons. The van der Waals surface area contributed by atoms with Crippen LogP contribution in [0.2, 0.25) is 0 Å². The van der Waals surface area contributed by atoms with Crippen LogP contribution in [0.4, 0.5) is 0 Å². The van der Waals surface area contributed by atoms with Gasteiger partial charge in [-0.3, -0.25) is 0 Å². The fraction of sp³-hybridized carbons (Fsp3) is 0.583. The van der Waals surface area contributed by atoms with E-state index < -0.39 is 0 Å². The molecule has 0 unspecified atom stereocenters. The Balaban J connectivity index is 2.17. The van der Waals surface area contributed by atoms with Gasteiger partial charge in [-0.1, -0.05) is 28.8 Å². The molecule has 1 fully saturated rings. The molecule has 0 N–H and O–H groups in total. The Hall–Kier alpha value is -0.750. The quantitative estimate of drug-likeness (QED) is 0.772. The summed E-state index contributed by atoms with van der Waals surface area (Å²) in [5.74, 6) is 0. The van der Waals surface area contributed by atoms with Crippen LogP contribution in [-0.4, -0.2) is 9.90 Å². The number of hydrogen-bond acceptors (Lipinski definition) is 1. The van der Waals surface area contributed by atoms with Gasteiger partial charge in [0.2, 0.25) is 0 Å². The maximum Gasteiger partial charge on any atom is 0.120 e. The van der Waals surface area contributed by atoms with Crippen molar-refractivity contribution in [2.75, 3.05) is 5.33 Å². The summed E-state index contributed by atoms with van der Waals surface area (Å²) in [5, 5.41) is 10.0. The summed E-state index contributed by atoms with van der Waals surface area (Å²) >= 11 is 3.63. The molecule has 1 aliphatic carbocycles. The van der Waals surface area contributed by atoms with Crippen LogP contribution >= 0.6 is 15.9 Å². The van der Waals surface area contributed by atoms with Crippen LogP contribution in [0.5, 0.6) is 0 Å². The maximum absolute atomic E-state index is 8.96. The minimum absolute atomic E-state index is 0.380. The highest BCUT2D eigenvalue weighted by Crippen LogP contribution is 2.41. The van der Waals surface area contributed by atoms with Crippen molar-refractivity contribution in [1.82, 2.24) is 4.57 Å². The molecule has 2 nitrogen and oxygen atoms in total. The number of rotatable bonds is 3. The van der Waals surface area contributed by atoms with E-state index in [1.807, 2.05) is 18.3 Å². The number of nitriles is 1. The molecule has 0 spiro atoms. The summed E-state index contributed by atoms with van der Waals surface area (Å²) in [4.78, 5) is 0. The predicted octanol–water partition coefficient (Wildman–Crippen LogP) is 3.32. The fourth-order valence-electron chi connectivity index (χ4n) is 2.47. The smallest absolute Gasteiger partial charge is 0.120 e. The van der Waals surface area contributed by atoms with Gasteiger partial charge in [-0.15, -0.1) is 0 Å². The third kappa shape index (κ3) is 2.10. The molecule has 0 amide bonds. The average Bonchev–Trinajstić information content (AvgIpc) is 2.88. The Labute approximate surface area is 99.0 Å². The van der Waals surface area contributed by atoms with Crippen molar-refractivity contribution in [3.63, 3.8) is 0 Å². The van der Waals surface area contributed by atoms with E-state index in [4.69, 9.17) is 5.26 Å². The van der Waals surface area contributed by atoms with Gasteiger partial charge >= 0.3 is 0 Å². The highest BCUT2D eigenvalue weighted by molar-refractivity contribution is 9.09. The molecule has 0 saturated heterocycles. The van der Waals surface area contributed by atoms with Gasteiger partial charge in [0.25, 0.3) is 0 Å². The first-order valence-electron chi connectivity index (χ1n) is 5.41. The molecule has 15 heavy (non-hydrogen) atoms. The molecule has 0 aromatic carbocycles. The zero-order valence-electron chi connectivity index (χ0n) is 8.75. The summed E-state index contributed by atoms with van der Waals surface area (Å²) < 4.78 is 2.09. The predicted molar refractivity (Wildman–Crippen MR) is 63.8 cm³/mol. The second-order valence-corrected chi connectivity index (χ2v) is 5.03. The molecule has 1 heterocycles. The van der Waals surface area contributed by atoms with Gasteiger partial charge in [-0.25, -0.2) is 0 Å². The molecule has 1 aromatic rings. The summed E-state index contributed by atoms with van der Waals surface area (Å²) in [6, 6.07) is 6.08. The van der Waals surface area contributed by atoms with Crippen molar-refractivity contribution in [1.29, 1.82) is 5.26 Å². The van der Waals surface area contributed by atoms with E-state index >= 15 is 0 Å². The lowest BCUT2D eigenvalue weighted by molar-refractivity contribution is 0.291. The van der Waals surface area contributed by atoms with Gasteiger partial charge in [-0.05, 0) is 30.4 Å². The number of aromatic nitrogens is 1. The molecule has 1 saturated carbocycles. The van der Waals surface area contributed by atoms with Gasteiger partial charge in [0.15, 0.2) is 0 Å².